The summed E-state index contributed by atoms with van der Waals surface area (Å²) >= 11 is 0. The van der Waals surface area contributed by atoms with E-state index in [4.69, 9.17) is 0 Å². The molecular formula is C14H25N3. The van der Waals surface area contributed by atoms with E-state index in [-0.39, 0.29) is 0 Å². The van der Waals surface area contributed by atoms with Crippen molar-refractivity contribution in [2.24, 2.45) is 5.92 Å². The molecule has 0 aromatic carbocycles. The number of aromatic nitrogens is 1. The van der Waals surface area contributed by atoms with Crippen LogP contribution in [0.2, 0.25) is 0 Å². The highest BCUT2D eigenvalue weighted by Crippen LogP contribution is 2.17. The van der Waals surface area contributed by atoms with E-state index < -0.39 is 0 Å². The van der Waals surface area contributed by atoms with Gasteiger partial charge < -0.3 is 10.6 Å². The van der Waals surface area contributed by atoms with Crippen molar-refractivity contribution in [3.63, 3.8) is 0 Å². The zero-order chi connectivity index (χ0) is 12.7. The first-order valence-electron chi connectivity index (χ1n) is 6.55. The molecule has 1 aromatic rings. The first kappa shape index (κ1) is 14.0. The van der Waals surface area contributed by atoms with Crippen LogP contribution in [0.15, 0.2) is 12.3 Å². The summed E-state index contributed by atoms with van der Waals surface area (Å²) in [6, 6.07) is 2.13. The molecule has 17 heavy (non-hydrogen) atoms. The summed E-state index contributed by atoms with van der Waals surface area (Å²) < 4.78 is 0. The Bertz CT molecular complexity index is 332. The van der Waals surface area contributed by atoms with E-state index in [1.54, 1.807) is 0 Å². The molecule has 0 aliphatic carbocycles. The van der Waals surface area contributed by atoms with Crippen molar-refractivity contribution >= 4 is 5.69 Å². The molecule has 0 bridgehead atoms. The number of hydrogen-bond donors (Lipinski definition) is 2. The number of aryl methyl sites for hydroxylation is 1. The first-order chi connectivity index (χ1) is 8.21. The number of rotatable bonds is 7. The van der Waals surface area contributed by atoms with Crippen LogP contribution in [-0.2, 0) is 6.54 Å². The molecule has 0 radical (unpaired) electrons. The Balaban J connectivity index is 2.70. The number of anilines is 1. The third kappa shape index (κ3) is 4.35. The molecule has 0 saturated carbocycles. The molecule has 1 aromatic heterocycles. The van der Waals surface area contributed by atoms with Crippen LogP contribution in [0.4, 0.5) is 5.69 Å². The Morgan fingerprint density at radius 2 is 2.00 bits per heavy atom. The summed E-state index contributed by atoms with van der Waals surface area (Å²) in [6.45, 7) is 8.45. The molecule has 0 spiro atoms. The molecule has 0 unspecified atom stereocenters. The summed E-state index contributed by atoms with van der Waals surface area (Å²) in [4.78, 5) is 4.35. The third-order valence-electron chi connectivity index (χ3n) is 3.23. The maximum Gasteiger partial charge on any atom is 0.0419 e. The lowest BCUT2D eigenvalue weighted by Crippen LogP contribution is -2.16. The van der Waals surface area contributed by atoms with E-state index in [9.17, 15) is 0 Å². The summed E-state index contributed by atoms with van der Waals surface area (Å²) in [6.07, 6.45) is 4.42. The summed E-state index contributed by atoms with van der Waals surface area (Å²) in [5, 5.41) is 6.74. The average Bonchev–Trinajstić information content (AvgIpc) is 2.34. The zero-order valence-corrected chi connectivity index (χ0v) is 11.5. The van der Waals surface area contributed by atoms with Crippen molar-refractivity contribution in [3.8, 4) is 0 Å². The predicted molar refractivity (Wildman–Crippen MR) is 74.3 cm³/mol. The predicted octanol–water partition coefficient (Wildman–Crippen LogP) is 2.96. The van der Waals surface area contributed by atoms with Crippen molar-refractivity contribution in [3.05, 3.63) is 23.5 Å². The maximum atomic E-state index is 4.35. The Kier molecular flexibility index (Phi) is 5.98. The van der Waals surface area contributed by atoms with Gasteiger partial charge in [-0.25, -0.2) is 0 Å². The normalized spacial score (nSPS) is 10.9. The second-order valence-electron chi connectivity index (χ2n) is 4.58. The summed E-state index contributed by atoms with van der Waals surface area (Å²) in [5.41, 5.74) is 3.53. The van der Waals surface area contributed by atoms with Gasteiger partial charge in [-0.1, -0.05) is 26.7 Å². The molecule has 1 heterocycles. The van der Waals surface area contributed by atoms with Gasteiger partial charge in [0, 0.05) is 36.2 Å². The lowest BCUT2D eigenvalue weighted by Gasteiger charge is -2.17. The maximum absolute atomic E-state index is 4.35. The molecule has 96 valence electrons. The van der Waals surface area contributed by atoms with E-state index >= 15 is 0 Å². The summed E-state index contributed by atoms with van der Waals surface area (Å²) in [7, 11) is 1.96. The zero-order valence-electron chi connectivity index (χ0n) is 11.5. The Labute approximate surface area is 105 Å². The van der Waals surface area contributed by atoms with Crippen LogP contribution in [0, 0.1) is 12.8 Å². The van der Waals surface area contributed by atoms with Crippen molar-refractivity contribution in [2.75, 3.05) is 18.9 Å². The molecule has 0 amide bonds. The fourth-order valence-corrected chi connectivity index (χ4v) is 1.92. The van der Waals surface area contributed by atoms with Crippen molar-refractivity contribution < 1.29 is 0 Å². The van der Waals surface area contributed by atoms with Gasteiger partial charge in [-0.05, 0) is 26.0 Å². The van der Waals surface area contributed by atoms with Gasteiger partial charge in [-0.2, -0.15) is 0 Å². The second kappa shape index (κ2) is 7.28. The van der Waals surface area contributed by atoms with Crippen LogP contribution in [0.5, 0.6) is 0 Å². The van der Waals surface area contributed by atoms with Crippen LogP contribution >= 0.6 is 0 Å². The fourth-order valence-electron chi connectivity index (χ4n) is 1.92. The average molecular weight is 235 g/mol. The SMILES string of the molecule is CCC(CC)CNc1cc(C)ncc1CNC. The molecule has 1 rings (SSSR count). The van der Waals surface area contributed by atoms with E-state index in [1.807, 2.05) is 20.2 Å². The van der Waals surface area contributed by atoms with Gasteiger partial charge in [0.2, 0.25) is 0 Å². The molecule has 0 aliphatic rings. The van der Waals surface area contributed by atoms with E-state index in [1.165, 1.54) is 24.1 Å². The number of hydrogen-bond acceptors (Lipinski definition) is 3. The first-order valence-corrected chi connectivity index (χ1v) is 6.55. The molecule has 2 N–H and O–H groups in total. The van der Waals surface area contributed by atoms with E-state index in [2.05, 4.69) is 35.5 Å². The van der Waals surface area contributed by atoms with Gasteiger partial charge in [-0.15, -0.1) is 0 Å². The van der Waals surface area contributed by atoms with Gasteiger partial charge in [0.05, 0.1) is 0 Å². The number of nitrogens with zero attached hydrogens (tertiary/aromatic N) is 1. The van der Waals surface area contributed by atoms with Gasteiger partial charge in [0.15, 0.2) is 0 Å². The van der Waals surface area contributed by atoms with E-state index in [0.717, 1.165) is 24.7 Å². The van der Waals surface area contributed by atoms with Gasteiger partial charge in [-0.3, -0.25) is 4.98 Å². The number of pyridine rings is 1. The Morgan fingerprint density at radius 3 is 2.59 bits per heavy atom. The van der Waals surface area contributed by atoms with Gasteiger partial charge >= 0.3 is 0 Å². The second-order valence-corrected chi connectivity index (χ2v) is 4.58. The highest BCUT2D eigenvalue weighted by molar-refractivity contribution is 5.51. The fraction of sp³-hybridized carbons (Fsp3) is 0.643. The highest BCUT2D eigenvalue weighted by atomic mass is 14.9. The molecule has 3 heteroatoms. The molecule has 0 saturated heterocycles. The Morgan fingerprint density at radius 1 is 1.29 bits per heavy atom. The highest BCUT2D eigenvalue weighted by Gasteiger charge is 2.06. The molecule has 3 nitrogen and oxygen atoms in total. The lowest BCUT2D eigenvalue weighted by molar-refractivity contribution is 0.519. The molecule has 0 atom stereocenters. The standard InChI is InChI=1S/C14H25N3/c1-5-12(6-2)8-17-14-7-11(3)16-10-13(14)9-15-4/h7,10,12,15H,5-6,8-9H2,1-4H3,(H,16,17). The van der Waals surface area contributed by atoms with Crippen LogP contribution in [0.25, 0.3) is 0 Å². The van der Waals surface area contributed by atoms with Crippen LogP contribution in [0.1, 0.15) is 37.9 Å². The van der Waals surface area contributed by atoms with Crippen LogP contribution < -0.4 is 10.6 Å². The van der Waals surface area contributed by atoms with Crippen molar-refractivity contribution in [1.82, 2.24) is 10.3 Å². The van der Waals surface area contributed by atoms with Crippen molar-refractivity contribution in [1.29, 1.82) is 0 Å². The minimum atomic E-state index is 0.755. The molecule has 0 aliphatic heterocycles. The smallest absolute Gasteiger partial charge is 0.0419 e. The van der Waals surface area contributed by atoms with Crippen LogP contribution in [0.3, 0.4) is 0 Å². The quantitative estimate of drug-likeness (QED) is 0.763. The van der Waals surface area contributed by atoms with Gasteiger partial charge in [0.1, 0.15) is 0 Å². The number of nitrogens with one attached hydrogen (secondary N) is 2. The minimum absolute atomic E-state index is 0.755. The van der Waals surface area contributed by atoms with Gasteiger partial charge in [0.25, 0.3) is 0 Å². The topological polar surface area (TPSA) is 37.0 Å². The van der Waals surface area contributed by atoms with Crippen LogP contribution in [-0.4, -0.2) is 18.6 Å². The minimum Gasteiger partial charge on any atom is -0.384 e. The van der Waals surface area contributed by atoms with E-state index in [0.29, 0.717) is 0 Å². The Hall–Kier alpha value is -1.09. The van der Waals surface area contributed by atoms with Crippen molar-refractivity contribution in [2.45, 2.75) is 40.2 Å². The lowest BCUT2D eigenvalue weighted by atomic mass is 10.0. The molecular weight excluding hydrogens is 210 g/mol. The summed E-state index contributed by atoms with van der Waals surface area (Å²) in [5.74, 6) is 0.755. The monoisotopic (exact) mass is 235 g/mol. The third-order valence-corrected chi connectivity index (χ3v) is 3.23. The molecule has 0 fully saturated rings. The largest absolute Gasteiger partial charge is 0.384 e.